The van der Waals surface area contributed by atoms with Crippen LogP contribution in [0.3, 0.4) is 0 Å². The van der Waals surface area contributed by atoms with Crippen LogP contribution >= 0.6 is 12.2 Å². The number of nitro groups is 1. The van der Waals surface area contributed by atoms with Gasteiger partial charge >= 0.3 is 0 Å². The second-order valence-corrected chi connectivity index (χ2v) is 8.90. The van der Waals surface area contributed by atoms with Gasteiger partial charge in [0.1, 0.15) is 17.0 Å². The first-order valence-corrected chi connectivity index (χ1v) is 12.0. The van der Waals surface area contributed by atoms with E-state index in [1.54, 1.807) is 37.4 Å². The second-order valence-electron chi connectivity index (χ2n) is 8.49. The summed E-state index contributed by atoms with van der Waals surface area (Å²) in [5.41, 5.74) is 3.18. The topological polar surface area (TPSA) is 123 Å². The van der Waals surface area contributed by atoms with Gasteiger partial charge in [0.15, 0.2) is 10.7 Å². The van der Waals surface area contributed by atoms with Crippen molar-refractivity contribution in [1.82, 2.24) is 10.3 Å². The minimum atomic E-state index is -0.544. The van der Waals surface area contributed by atoms with E-state index in [0.717, 1.165) is 37.2 Å². The van der Waals surface area contributed by atoms with E-state index in [1.807, 2.05) is 29.2 Å². The highest BCUT2D eigenvalue weighted by atomic mass is 32.1. The van der Waals surface area contributed by atoms with Gasteiger partial charge in [-0.15, -0.1) is 0 Å². The average Bonchev–Trinajstić information content (AvgIpc) is 3.58. The Morgan fingerprint density at radius 3 is 2.57 bits per heavy atom. The Balaban J connectivity index is 1.27. The highest BCUT2D eigenvalue weighted by Gasteiger charge is 2.24. The number of nitrogens with zero attached hydrogens (tertiary/aromatic N) is 3. The number of hydrogen-bond acceptors (Lipinski definition) is 8. The van der Waals surface area contributed by atoms with Gasteiger partial charge < -0.3 is 19.4 Å². The van der Waals surface area contributed by atoms with E-state index in [1.165, 1.54) is 6.07 Å². The van der Waals surface area contributed by atoms with Gasteiger partial charge in [-0.05, 0) is 79.7 Å². The second kappa shape index (κ2) is 10.2. The Labute approximate surface area is 217 Å². The first kappa shape index (κ1) is 24.2. The lowest BCUT2D eigenvalue weighted by atomic mass is 10.1. The van der Waals surface area contributed by atoms with E-state index >= 15 is 0 Å². The Morgan fingerprint density at radius 2 is 1.86 bits per heavy atom. The molecule has 188 valence electrons. The minimum Gasteiger partial charge on any atom is -0.497 e. The summed E-state index contributed by atoms with van der Waals surface area (Å²) in [5, 5.41) is 17.2. The number of thiocarbonyl (C=S) groups is 1. The number of hydrogen-bond donors (Lipinski definition) is 2. The molecule has 1 amide bonds. The molecule has 0 atom stereocenters. The molecule has 0 unspecified atom stereocenters. The summed E-state index contributed by atoms with van der Waals surface area (Å²) in [7, 11) is 1.60. The number of nitro benzene ring substituents is 1. The van der Waals surface area contributed by atoms with Crippen molar-refractivity contribution in [3.05, 3.63) is 76.3 Å². The molecule has 10 nitrogen and oxygen atoms in total. The number of nitrogens with one attached hydrogen (secondary N) is 2. The number of rotatable bonds is 6. The molecular weight excluding hydrogens is 494 g/mol. The summed E-state index contributed by atoms with van der Waals surface area (Å²) in [4.78, 5) is 30.4. The third-order valence-corrected chi connectivity index (χ3v) is 6.29. The molecule has 1 aromatic heterocycles. The maximum Gasteiger partial charge on any atom is 0.293 e. The zero-order chi connectivity index (χ0) is 25.9. The molecule has 0 aliphatic carbocycles. The Bertz CT molecular complexity index is 1500. The van der Waals surface area contributed by atoms with Crippen molar-refractivity contribution in [3.63, 3.8) is 0 Å². The van der Waals surface area contributed by atoms with Gasteiger partial charge in [0.25, 0.3) is 11.6 Å². The normalized spacial score (nSPS) is 12.9. The van der Waals surface area contributed by atoms with E-state index in [0.29, 0.717) is 28.4 Å². The van der Waals surface area contributed by atoms with E-state index in [2.05, 4.69) is 15.6 Å². The van der Waals surface area contributed by atoms with Gasteiger partial charge in [0.05, 0.1) is 12.0 Å². The fourth-order valence-electron chi connectivity index (χ4n) is 4.24. The third-order valence-electron chi connectivity index (χ3n) is 6.09. The Morgan fingerprint density at radius 1 is 1.11 bits per heavy atom. The fourth-order valence-corrected chi connectivity index (χ4v) is 4.45. The molecule has 5 rings (SSSR count). The summed E-state index contributed by atoms with van der Waals surface area (Å²) in [6.07, 6.45) is 1.98. The largest absolute Gasteiger partial charge is 0.497 e. The van der Waals surface area contributed by atoms with Crippen molar-refractivity contribution in [1.29, 1.82) is 0 Å². The number of oxazole rings is 1. The first-order chi connectivity index (χ1) is 17.9. The van der Waals surface area contributed by atoms with Crippen molar-refractivity contribution in [2.75, 3.05) is 30.4 Å². The maximum atomic E-state index is 12.8. The van der Waals surface area contributed by atoms with Crippen LogP contribution in [0.4, 0.5) is 17.1 Å². The summed E-state index contributed by atoms with van der Waals surface area (Å²) < 4.78 is 11.0. The van der Waals surface area contributed by atoms with E-state index in [9.17, 15) is 14.9 Å². The number of fused-ring (bicyclic) bond motifs is 1. The van der Waals surface area contributed by atoms with Gasteiger partial charge in [-0.1, -0.05) is 0 Å². The number of methoxy groups -OCH3 is 1. The molecule has 3 aromatic carbocycles. The van der Waals surface area contributed by atoms with E-state index in [-0.39, 0.29) is 16.4 Å². The first-order valence-electron chi connectivity index (χ1n) is 11.6. The molecule has 1 saturated heterocycles. The zero-order valence-corrected chi connectivity index (χ0v) is 20.7. The molecule has 37 heavy (non-hydrogen) atoms. The standard InChI is InChI=1S/C26H23N5O5S/c1-35-19-8-4-16(5-9-19)25-28-20-15-18(7-11-23(20)36-25)27-26(37)29-24(32)17-6-10-21(22(14-17)31(33)34)30-12-2-3-13-30/h4-11,14-15H,2-3,12-13H2,1H3,(H2,27,29,32,37). The van der Waals surface area contributed by atoms with Crippen LogP contribution in [0.5, 0.6) is 5.75 Å². The van der Waals surface area contributed by atoms with Crippen LogP contribution in [-0.4, -0.2) is 41.1 Å². The number of benzene rings is 3. The zero-order valence-electron chi connectivity index (χ0n) is 19.9. The number of anilines is 2. The van der Waals surface area contributed by atoms with Crippen LogP contribution in [0.25, 0.3) is 22.6 Å². The van der Waals surface area contributed by atoms with Crippen LogP contribution < -0.4 is 20.3 Å². The molecule has 11 heteroatoms. The van der Waals surface area contributed by atoms with Gasteiger partial charge in [-0.3, -0.25) is 20.2 Å². The number of amides is 1. The molecule has 0 bridgehead atoms. The fraction of sp³-hybridized carbons (Fsp3) is 0.192. The lowest BCUT2D eigenvalue weighted by Crippen LogP contribution is -2.34. The minimum absolute atomic E-state index is 0.0505. The summed E-state index contributed by atoms with van der Waals surface area (Å²) in [5.74, 6) is 0.654. The molecule has 4 aromatic rings. The van der Waals surface area contributed by atoms with E-state index in [4.69, 9.17) is 21.4 Å². The third kappa shape index (κ3) is 5.21. The number of ether oxygens (including phenoxy) is 1. The van der Waals surface area contributed by atoms with Gasteiger partial charge in [-0.25, -0.2) is 4.98 Å². The molecule has 2 N–H and O–H groups in total. The number of aromatic nitrogens is 1. The van der Waals surface area contributed by atoms with Crippen molar-refractivity contribution in [3.8, 4) is 17.2 Å². The van der Waals surface area contributed by atoms with E-state index < -0.39 is 10.8 Å². The highest BCUT2D eigenvalue weighted by Crippen LogP contribution is 2.32. The maximum absolute atomic E-state index is 12.8. The lowest BCUT2D eigenvalue weighted by Gasteiger charge is -2.18. The van der Waals surface area contributed by atoms with Crippen molar-refractivity contribution in [2.24, 2.45) is 0 Å². The molecule has 1 aliphatic rings. The summed E-state index contributed by atoms with van der Waals surface area (Å²) in [6.45, 7) is 1.52. The van der Waals surface area contributed by atoms with Crippen molar-refractivity contribution >= 4 is 51.4 Å². The molecule has 1 fully saturated rings. The smallest absolute Gasteiger partial charge is 0.293 e. The van der Waals surface area contributed by atoms with Crippen LogP contribution in [0.15, 0.2) is 65.1 Å². The molecule has 0 radical (unpaired) electrons. The molecular formula is C26H23N5O5S. The average molecular weight is 518 g/mol. The summed E-state index contributed by atoms with van der Waals surface area (Å²) in [6, 6.07) is 17.1. The van der Waals surface area contributed by atoms with Crippen LogP contribution in [0, 0.1) is 10.1 Å². The highest BCUT2D eigenvalue weighted by molar-refractivity contribution is 7.80. The van der Waals surface area contributed by atoms with Gasteiger partial charge in [0, 0.05) is 36.0 Å². The summed E-state index contributed by atoms with van der Waals surface area (Å²) >= 11 is 5.30. The predicted octanol–water partition coefficient (Wildman–Crippen LogP) is 5.14. The van der Waals surface area contributed by atoms with Crippen LogP contribution in [0.2, 0.25) is 0 Å². The van der Waals surface area contributed by atoms with Crippen molar-refractivity contribution < 1.29 is 18.9 Å². The molecule has 0 saturated carbocycles. The molecule has 2 heterocycles. The molecule has 1 aliphatic heterocycles. The lowest BCUT2D eigenvalue weighted by molar-refractivity contribution is -0.384. The van der Waals surface area contributed by atoms with Gasteiger partial charge in [0.2, 0.25) is 5.89 Å². The number of carbonyl (C=O) groups is 1. The Hall–Kier alpha value is -4.51. The predicted molar refractivity (Wildman–Crippen MR) is 144 cm³/mol. The van der Waals surface area contributed by atoms with Crippen LogP contribution in [-0.2, 0) is 0 Å². The SMILES string of the molecule is COc1ccc(-c2nc3cc(NC(=S)NC(=O)c4ccc(N5CCCC5)c([N+](=O)[O-])c4)ccc3o2)cc1. The monoisotopic (exact) mass is 517 g/mol. The Kier molecular flexibility index (Phi) is 6.69. The van der Waals surface area contributed by atoms with Crippen molar-refractivity contribution in [2.45, 2.75) is 12.8 Å². The number of carbonyl (C=O) groups excluding carboxylic acids is 1. The van der Waals surface area contributed by atoms with Crippen LogP contribution in [0.1, 0.15) is 23.2 Å². The molecule has 0 spiro atoms. The van der Waals surface area contributed by atoms with Gasteiger partial charge in [-0.2, -0.15) is 0 Å². The quantitative estimate of drug-likeness (QED) is 0.203.